The zero-order valence-electron chi connectivity index (χ0n) is 35.3. The second-order valence-corrected chi connectivity index (χ2v) is 15.1. The fourth-order valence-corrected chi connectivity index (χ4v) is 5.87. The van der Waals surface area contributed by atoms with Gasteiger partial charge in [-0.05, 0) is 39.5 Å². The van der Waals surface area contributed by atoms with Gasteiger partial charge in [0.1, 0.15) is 60.9 Å². The number of carboxylic acid groups (broad SMARTS) is 2. The van der Waals surface area contributed by atoms with Gasteiger partial charge in [0, 0.05) is 25.9 Å². The molecule has 32 heteroatoms. The van der Waals surface area contributed by atoms with E-state index in [-0.39, 0.29) is 76.4 Å². The lowest BCUT2D eigenvalue weighted by Crippen LogP contribution is -3.00. The van der Waals surface area contributed by atoms with Crippen molar-refractivity contribution in [2.45, 2.75) is 149 Å². The number of carbonyl (C=O) groups is 6. The molecule has 0 saturated carbocycles. The molecule has 2 aliphatic heterocycles. The molecule has 388 valence electrons. The molecule has 2 rings (SSSR count). The topological polar surface area (TPSA) is 467 Å². The minimum Gasteiger partial charge on any atom is -1.00 e. The highest BCUT2D eigenvalue weighted by molar-refractivity contribution is 5.87. The molecule has 0 aromatic rings. The number of quaternary nitrogens is 2. The second-order valence-electron chi connectivity index (χ2n) is 15.1. The fourth-order valence-electron chi connectivity index (χ4n) is 5.87. The van der Waals surface area contributed by atoms with Crippen LogP contribution in [0, 0.1) is 0 Å². The molecule has 0 unspecified atom stereocenters. The summed E-state index contributed by atoms with van der Waals surface area (Å²) < 4.78 is 67.0. The zero-order chi connectivity index (χ0) is 49.7. The van der Waals surface area contributed by atoms with Crippen LogP contribution < -0.4 is 57.5 Å². The van der Waals surface area contributed by atoms with Crippen molar-refractivity contribution >= 4 is 35.6 Å². The number of aliphatic carboxylic acids is 2. The first-order valence-electron chi connectivity index (χ1n) is 19.6. The van der Waals surface area contributed by atoms with Crippen molar-refractivity contribution in [1.29, 1.82) is 0 Å². The summed E-state index contributed by atoms with van der Waals surface area (Å²) in [5, 5.41) is 122. The number of carbonyl (C=O) groups excluding carboxylic acids is 4. The van der Waals surface area contributed by atoms with Crippen molar-refractivity contribution in [3.63, 3.8) is 0 Å². The van der Waals surface area contributed by atoms with Crippen LogP contribution in [0.1, 0.15) is 52.4 Å². The smallest absolute Gasteiger partial charge is 0.379 e. The minimum atomic E-state index is -4.78. The Hall–Kier alpha value is -3.44. The van der Waals surface area contributed by atoms with Crippen molar-refractivity contribution in [3.8, 4) is 0 Å². The fraction of sp³-hybridized carbons (Fsp3) is 0.824. The minimum absolute atomic E-state index is 0. The van der Waals surface area contributed by atoms with Crippen LogP contribution in [0.3, 0.4) is 0 Å². The van der Waals surface area contributed by atoms with E-state index in [1.807, 2.05) is 10.6 Å². The highest BCUT2D eigenvalue weighted by Gasteiger charge is 2.71. The largest absolute Gasteiger partial charge is 1.00 e. The van der Waals surface area contributed by atoms with E-state index in [1.54, 1.807) is 0 Å². The van der Waals surface area contributed by atoms with Gasteiger partial charge in [-0.1, -0.05) is 0 Å². The first-order chi connectivity index (χ1) is 29.4. The Morgan fingerprint density at radius 1 is 0.652 bits per heavy atom. The number of nitrogens with one attached hydrogen (secondary N) is 4. The SMILES string of the molecule is C[C@H](NC(=O)[C@@H]([NH3+])CCCCNC(=O)C(F)(F)[C@]1(O)O[C@H](CO)[C@H](O)[C@H](O)[C@H]1O)C(=O)O.C[C@H](NC(=O)[C@@H]([NH3+])CCCCNC(=O)C(F)(F)[C@]1(O)O[C@H]([C@@H](O)CO)[C@@H](O)[C@H]1O)C(=O)O.[Cl-].[Cl-]. The van der Waals surface area contributed by atoms with Crippen LogP contribution in [0.15, 0.2) is 0 Å². The number of carboxylic acids is 2. The van der Waals surface area contributed by atoms with Gasteiger partial charge in [-0.3, -0.25) is 28.8 Å². The molecule has 2 heterocycles. The van der Waals surface area contributed by atoms with Crippen LogP contribution in [0.4, 0.5) is 17.6 Å². The van der Waals surface area contributed by atoms with Crippen molar-refractivity contribution in [3.05, 3.63) is 0 Å². The number of hydrogen-bond donors (Lipinski definition) is 18. The molecule has 4 amide bonds. The van der Waals surface area contributed by atoms with Gasteiger partial charge in [0.25, 0.3) is 35.2 Å². The Labute approximate surface area is 384 Å². The Balaban J connectivity index is 0. The van der Waals surface area contributed by atoms with Crippen LogP contribution >= 0.6 is 0 Å². The monoisotopic (exact) mass is 1020 g/mol. The number of halogens is 6. The van der Waals surface area contributed by atoms with Gasteiger partial charge < -0.3 is 128 Å². The zero-order valence-corrected chi connectivity index (χ0v) is 36.8. The lowest BCUT2D eigenvalue weighted by Gasteiger charge is -2.47. The summed E-state index contributed by atoms with van der Waals surface area (Å²) >= 11 is 0. The molecule has 0 radical (unpaired) electrons. The summed E-state index contributed by atoms with van der Waals surface area (Å²) in [6.45, 7) is -0.209. The van der Waals surface area contributed by atoms with Gasteiger partial charge in [0.2, 0.25) is 0 Å². The summed E-state index contributed by atoms with van der Waals surface area (Å²) in [5.41, 5.74) is 7.15. The van der Waals surface area contributed by atoms with E-state index in [0.717, 1.165) is 0 Å². The average molecular weight is 1020 g/mol. The summed E-state index contributed by atoms with van der Waals surface area (Å²) in [5.74, 6) is -25.0. The van der Waals surface area contributed by atoms with Crippen LogP contribution in [0.25, 0.3) is 0 Å². The predicted octanol–water partition coefficient (Wildman–Crippen LogP) is -15.5. The second kappa shape index (κ2) is 27.5. The van der Waals surface area contributed by atoms with Crippen LogP contribution in [0.5, 0.6) is 0 Å². The van der Waals surface area contributed by atoms with E-state index in [0.29, 0.717) is 0 Å². The predicted molar refractivity (Wildman–Crippen MR) is 197 cm³/mol. The van der Waals surface area contributed by atoms with Gasteiger partial charge in [-0.25, -0.2) is 0 Å². The van der Waals surface area contributed by atoms with E-state index < -0.39 is 145 Å². The summed E-state index contributed by atoms with van der Waals surface area (Å²) in [6, 6.07) is -3.85. The Kier molecular flexibility index (Phi) is 27.0. The van der Waals surface area contributed by atoms with E-state index in [2.05, 4.69) is 31.6 Å². The van der Waals surface area contributed by atoms with Crippen LogP contribution in [-0.4, -0.2) is 220 Å². The third-order valence-electron chi connectivity index (χ3n) is 10.1. The number of hydrogen-bond acceptors (Lipinski definition) is 18. The van der Waals surface area contributed by atoms with Gasteiger partial charge in [-0.2, -0.15) is 17.6 Å². The lowest BCUT2D eigenvalue weighted by molar-refractivity contribution is -0.405. The van der Waals surface area contributed by atoms with E-state index >= 15 is 0 Å². The van der Waals surface area contributed by atoms with Crippen LogP contribution in [0.2, 0.25) is 0 Å². The maximum Gasteiger partial charge on any atom is 0.379 e. The molecule has 0 spiro atoms. The number of ether oxygens (including phenoxy) is 2. The molecule has 2 saturated heterocycles. The summed E-state index contributed by atoms with van der Waals surface area (Å²) in [6.07, 6.45) is -16.6. The molecule has 2 fully saturated rings. The Morgan fingerprint density at radius 3 is 1.36 bits per heavy atom. The van der Waals surface area contributed by atoms with Crippen molar-refractivity contribution in [2.24, 2.45) is 0 Å². The number of unbranched alkanes of at least 4 members (excludes halogenated alkanes) is 2. The van der Waals surface area contributed by atoms with Gasteiger partial charge in [-0.15, -0.1) is 0 Å². The molecule has 0 aromatic heterocycles. The van der Waals surface area contributed by atoms with Gasteiger partial charge in [0.05, 0.1) is 13.2 Å². The first kappa shape index (κ1) is 64.6. The highest BCUT2D eigenvalue weighted by Crippen LogP contribution is 2.42. The third-order valence-corrected chi connectivity index (χ3v) is 10.1. The summed E-state index contributed by atoms with van der Waals surface area (Å²) in [7, 11) is 0. The van der Waals surface area contributed by atoms with Crippen molar-refractivity contribution in [1.82, 2.24) is 21.3 Å². The Morgan fingerprint density at radius 2 is 1.02 bits per heavy atom. The molecule has 66 heavy (non-hydrogen) atoms. The van der Waals surface area contributed by atoms with Gasteiger partial charge in [0.15, 0.2) is 12.1 Å². The molecule has 0 bridgehead atoms. The van der Waals surface area contributed by atoms with Crippen molar-refractivity contribution < 1.29 is 153 Å². The maximum atomic E-state index is 14.5. The number of amides is 4. The van der Waals surface area contributed by atoms with E-state index in [1.165, 1.54) is 13.8 Å². The molecular weight excluding hydrogens is 959 g/mol. The molecule has 14 atom stereocenters. The quantitative estimate of drug-likeness (QED) is 0.0334. The standard InChI is InChI=1S/2C17H29F2N3O10.2ClH/c1-7(14(28)29)22-13(27)8(20)4-2-3-5-21-15(30)16(18,19)17(31)12(26)10(25)11(32-17)9(24)6-23;1-7(14(28)29)22-13(27)8(20)4-2-3-5-21-15(30)16(18,19)17(31)12(26)11(25)10(24)9(6-23)32-17;;/h2*7-12,23-26,31H,2-6,20H2,1H3,(H,21,30)(H,22,27)(H,28,29);2*1H/t7-,8-,9-,10+,11+,12+,17+;7-,8-,9+,10-,11-,12+,17+;;/m00../s1. The molecular formula is C34H60Cl2F4N6O20. The number of rotatable bonds is 23. The lowest BCUT2D eigenvalue weighted by atomic mass is 9.88. The summed E-state index contributed by atoms with van der Waals surface area (Å²) in [4.78, 5) is 68.8. The molecule has 0 aromatic carbocycles. The van der Waals surface area contributed by atoms with E-state index in [9.17, 15) is 87.2 Å². The first-order valence-corrected chi connectivity index (χ1v) is 19.6. The van der Waals surface area contributed by atoms with Crippen molar-refractivity contribution in [2.75, 3.05) is 26.3 Å². The Bertz CT molecular complexity index is 1600. The normalized spacial score (nSPS) is 28.5. The molecule has 2 aliphatic rings. The molecule has 26 nitrogen and oxygen atoms in total. The molecule has 0 aliphatic carbocycles. The number of aliphatic hydroxyl groups excluding tert-OH is 8. The highest BCUT2D eigenvalue weighted by atomic mass is 35.5. The maximum absolute atomic E-state index is 14.5. The average Bonchev–Trinajstić information content (AvgIpc) is 3.48. The third kappa shape index (κ3) is 15.8. The van der Waals surface area contributed by atoms with Gasteiger partial charge >= 0.3 is 23.8 Å². The number of aliphatic hydroxyl groups is 10. The molecule has 22 N–H and O–H groups in total. The van der Waals surface area contributed by atoms with E-state index in [4.69, 9.17) is 20.4 Å². The van der Waals surface area contributed by atoms with Crippen LogP contribution in [-0.2, 0) is 38.2 Å². The number of alkyl halides is 4.